The summed E-state index contributed by atoms with van der Waals surface area (Å²) in [6, 6.07) is 19.5. The summed E-state index contributed by atoms with van der Waals surface area (Å²) >= 11 is 1.38. The van der Waals surface area contributed by atoms with E-state index in [1.54, 1.807) is 6.20 Å². The van der Waals surface area contributed by atoms with Gasteiger partial charge in [0.25, 0.3) is 5.91 Å². The summed E-state index contributed by atoms with van der Waals surface area (Å²) < 4.78 is 1.93. The summed E-state index contributed by atoms with van der Waals surface area (Å²) in [7, 11) is 1.93. The Labute approximate surface area is 188 Å². The van der Waals surface area contributed by atoms with Crippen LogP contribution in [0.15, 0.2) is 85.5 Å². The van der Waals surface area contributed by atoms with E-state index in [1.807, 2.05) is 78.5 Å². The van der Waals surface area contributed by atoms with E-state index in [1.165, 1.54) is 23.7 Å². The van der Waals surface area contributed by atoms with Gasteiger partial charge in [-0.2, -0.15) is 0 Å². The first-order valence-corrected chi connectivity index (χ1v) is 10.7. The predicted molar refractivity (Wildman–Crippen MR) is 125 cm³/mol. The molecule has 3 heterocycles. The van der Waals surface area contributed by atoms with Crippen LogP contribution in [0.2, 0.25) is 0 Å². The van der Waals surface area contributed by atoms with Gasteiger partial charge in [-0.05, 0) is 0 Å². The maximum atomic E-state index is 12.8. The van der Waals surface area contributed by atoms with Gasteiger partial charge < -0.3 is 4.57 Å². The van der Waals surface area contributed by atoms with Crippen LogP contribution in [0, 0.1) is 0 Å². The Bertz CT molecular complexity index is 1360. The van der Waals surface area contributed by atoms with Crippen LogP contribution in [0.3, 0.4) is 0 Å². The third-order valence-corrected chi connectivity index (χ3v) is 5.83. The maximum Gasteiger partial charge on any atom is 0.260 e. The number of imidazole rings is 1. The molecular formula is C24H18N6OS. The van der Waals surface area contributed by atoms with Crippen molar-refractivity contribution >= 4 is 22.4 Å². The molecule has 0 saturated heterocycles. The first-order valence-electron chi connectivity index (χ1n) is 9.92. The molecule has 5 aromatic rings. The van der Waals surface area contributed by atoms with Crippen molar-refractivity contribution in [3.8, 4) is 33.3 Å². The molecule has 0 fully saturated rings. The van der Waals surface area contributed by atoms with Gasteiger partial charge >= 0.3 is 0 Å². The zero-order chi connectivity index (χ0) is 21.9. The average molecular weight is 439 g/mol. The molecule has 32 heavy (non-hydrogen) atoms. The van der Waals surface area contributed by atoms with Crippen LogP contribution >= 0.6 is 11.3 Å². The molecule has 0 spiro atoms. The normalized spacial score (nSPS) is 10.8. The summed E-state index contributed by atoms with van der Waals surface area (Å²) in [5, 5.41) is 3.37. The lowest BCUT2D eigenvalue weighted by Gasteiger charge is -2.03. The number of carbonyl (C=O) groups excluding carboxylic acids is 1. The van der Waals surface area contributed by atoms with Gasteiger partial charge in [0.15, 0.2) is 16.8 Å². The van der Waals surface area contributed by atoms with E-state index in [0.29, 0.717) is 16.5 Å². The number of hydrogen-bond donors (Lipinski definition) is 1. The van der Waals surface area contributed by atoms with Crippen LogP contribution in [-0.4, -0.2) is 30.4 Å². The summed E-state index contributed by atoms with van der Waals surface area (Å²) in [5.41, 5.74) is 2.99. The molecular weight excluding hydrogens is 420 g/mol. The number of thiazole rings is 1. The van der Waals surface area contributed by atoms with Crippen LogP contribution < -0.4 is 5.32 Å². The second kappa shape index (κ2) is 8.52. The number of aromatic nitrogens is 5. The third-order valence-electron chi connectivity index (χ3n) is 4.87. The Hall–Kier alpha value is -4.17. The number of nitrogens with one attached hydrogen (secondary N) is 1. The van der Waals surface area contributed by atoms with Crippen molar-refractivity contribution in [2.75, 3.05) is 5.32 Å². The van der Waals surface area contributed by atoms with Crippen molar-refractivity contribution in [2.45, 2.75) is 0 Å². The summed E-state index contributed by atoms with van der Waals surface area (Å²) in [4.78, 5) is 31.5. The molecule has 0 bridgehead atoms. The molecule has 0 aliphatic rings. The fourth-order valence-electron chi connectivity index (χ4n) is 3.25. The van der Waals surface area contributed by atoms with Gasteiger partial charge in [0.2, 0.25) is 0 Å². The van der Waals surface area contributed by atoms with Gasteiger partial charge in [0.1, 0.15) is 0 Å². The van der Waals surface area contributed by atoms with Crippen molar-refractivity contribution in [2.24, 2.45) is 7.05 Å². The highest BCUT2D eigenvalue weighted by Gasteiger charge is 2.19. The Morgan fingerprint density at radius 3 is 2.19 bits per heavy atom. The Morgan fingerprint density at radius 1 is 0.906 bits per heavy atom. The molecule has 1 N–H and O–H groups in total. The lowest BCUT2D eigenvalue weighted by Crippen LogP contribution is -2.12. The van der Waals surface area contributed by atoms with Crippen LogP contribution in [-0.2, 0) is 7.05 Å². The number of carbonyl (C=O) groups is 1. The largest absolute Gasteiger partial charge is 0.333 e. The number of nitrogens with zero attached hydrogens (tertiary/aromatic N) is 5. The molecule has 0 atom stereocenters. The SMILES string of the molecule is Cn1ccnc1-c1sc(NC(=O)c2cnc(-c3ccccc3)nc2)nc1-c1ccccc1. The second-order valence-corrected chi connectivity index (χ2v) is 8.04. The summed E-state index contributed by atoms with van der Waals surface area (Å²) in [6.45, 7) is 0. The van der Waals surface area contributed by atoms with E-state index in [2.05, 4.69) is 20.3 Å². The quantitative estimate of drug-likeness (QED) is 0.421. The average Bonchev–Trinajstić information content (AvgIpc) is 3.46. The first kappa shape index (κ1) is 19.8. The number of hydrogen-bond acceptors (Lipinski definition) is 6. The minimum absolute atomic E-state index is 0.315. The van der Waals surface area contributed by atoms with Gasteiger partial charge in [0, 0.05) is 43.0 Å². The number of rotatable bonds is 5. The number of anilines is 1. The number of benzene rings is 2. The zero-order valence-electron chi connectivity index (χ0n) is 17.1. The molecule has 0 saturated carbocycles. The van der Waals surface area contributed by atoms with Gasteiger partial charge in [-0.3, -0.25) is 10.1 Å². The molecule has 8 heteroatoms. The molecule has 3 aromatic heterocycles. The highest BCUT2D eigenvalue weighted by molar-refractivity contribution is 7.19. The van der Waals surface area contributed by atoms with Gasteiger partial charge in [0.05, 0.1) is 16.1 Å². The fourth-order valence-corrected chi connectivity index (χ4v) is 4.27. The summed E-state index contributed by atoms with van der Waals surface area (Å²) in [6.07, 6.45) is 6.67. The molecule has 2 aromatic carbocycles. The molecule has 0 radical (unpaired) electrons. The molecule has 156 valence electrons. The van der Waals surface area contributed by atoms with E-state index >= 15 is 0 Å². The van der Waals surface area contributed by atoms with E-state index in [4.69, 9.17) is 4.98 Å². The van der Waals surface area contributed by atoms with Crippen LogP contribution in [0.5, 0.6) is 0 Å². The Kier molecular flexibility index (Phi) is 5.27. The zero-order valence-corrected chi connectivity index (χ0v) is 18.0. The fraction of sp³-hybridized carbons (Fsp3) is 0.0417. The topological polar surface area (TPSA) is 85.6 Å². The highest BCUT2D eigenvalue weighted by Crippen LogP contribution is 2.38. The van der Waals surface area contributed by atoms with Crippen LogP contribution in [0.1, 0.15) is 10.4 Å². The van der Waals surface area contributed by atoms with Gasteiger partial charge in [-0.25, -0.2) is 19.9 Å². The van der Waals surface area contributed by atoms with Gasteiger partial charge in [-0.15, -0.1) is 0 Å². The van der Waals surface area contributed by atoms with E-state index in [0.717, 1.165) is 27.5 Å². The number of aryl methyl sites for hydroxylation is 1. The smallest absolute Gasteiger partial charge is 0.260 e. The lowest BCUT2D eigenvalue weighted by atomic mass is 10.1. The highest BCUT2D eigenvalue weighted by atomic mass is 32.1. The molecule has 1 amide bonds. The van der Waals surface area contributed by atoms with Crippen molar-refractivity contribution in [1.29, 1.82) is 0 Å². The van der Waals surface area contributed by atoms with Crippen molar-refractivity contribution in [3.63, 3.8) is 0 Å². The maximum absolute atomic E-state index is 12.8. The van der Waals surface area contributed by atoms with Crippen molar-refractivity contribution < 1.29 is 4.79 Å². The Morgan fingerprint density at radius 2 is 1.56 bits per heavy atom. The van der Waals surface area contributed by atoms with Crippen LogP contribution in [0.4, 0.5) is 5.13 Å². The predicted octanol–water partition coefficient (Wildman–Crippen LogP) is 4.92. The third kappa shape index (κ3) is 3.91. The van der Waals surface area contributed by atoms with E-state index < -0.39 is 0 Å². The minimum atomic E-state index is -0.315. The Balaban J connectivity index is 1.43. The number of amides is 1. The summed E-state index contributed by atoms with van der Waals surface area (Å²) in [5.74, 6) is 1.04. The van der Waals surface area contributed by atoms with E-state index in [-0.39, 0.29) is 5.91 Å². The monoisotopic (exact) mass is 438 g/mol. The standard InChI is InChI=1S/C24H18N6OS/c1-30-13-12-25-22(30)20-19(16-8-4-2-5-9-16)28-24(32-20)29-23(31)18-14-26-21(27-15-18)17-10-6-3-7-11-17/h2-15H,1H3,(H,28,29,31). The van der Waals surface area contributed by atoms with E-state index in [9.17, 15) is 4.79 Å². The molecule has 0 aliphatic carbocycles. The molecule has 0 unspecified atom stereocenters. The minimum Gasteiger partial charge on any atom is -0.333 e. The molecule has 7 nitrogen and oxygen atoms in total. The van der Waals surface area contributed by atoms with Crippen molar-refractivity contribution in [1.82, 2.24) is 24.5 Å². The lowest BCUT2D eigenvalue weighted by molar-refractivity contribution is 0.102. The molecule has 0 aliphatic heterocycles. The first-order chi connectivity index (χ1) is 15.7. The van der Waals surface area contributed by atoms with Crippen molar-refractivity contribution in [3.05, 3.63) is 91.0 Å². The van der Waals surface area contributed by atoms with Crippen LogP contribution in [0.25, 0.3) is 33.3 Å². The molecule has 5 rings (SSSR count). The second-order valence-electron chi connectivity index (χ2n) is 7.04. The van der Waals surface area contributed by atoms with Gasteiger partial charge in [-0.1, -0.05) is 72.0 Å².